The van der Waals surface area contributed by atoms with Gasteiger partial charge in [-0.1, -0.05) is 55.8 Å². The predicted octanol–water partition coefficient (Wildman–Crippen LogP) is 6.80. The minimum absolute atomic E-state index is 0.765. The van der Waals surface area contributed by atoms with Crippen molar-refractivity contribution in [3.63, 3.8) is 0 Å². The van der Waals surface area contributed by atoms with Crippen LogP contribution in [0.2, 0.25) is 5.02 Å². The minimum Gasteiger partial charge on any atom is -0.370 e. The second kappa shape index (κ2) is 8.09. The highest BCUT2D eigenvalue weighted by atomic mass is 35.5. The largest absolute Gasteiger partial charge is 0.370 e. The van der Waals surface area contributed by atoms with Crippen LogP contribution in [0.25, 0.3) is 22.0 Å². The van der Waals surface area contributed by atoms with Gasteiger partial charge in [-0.15, -0.1) is 0 Å². The Kier molecular flexibility index (Phi) is 5.83. The zero-order chi connectivity index (χ0) is 18.7. The lowest BCUT2D eigenvalue weighted by atomic mass is 9.98. The highest BCUT2D eigenvalue weighted by Gasteiger charge is 2.17. The molecule has 0 amide bonds. The maximum atomic E-state index is 6.16. The topological polar surface area (TPSA) is 16.1 Å². The number of rotatable bonds is 6. The van der Waals surface area contributed by atoms with E-state index in [-0.39, 0.29) is 0 Å². The lowest BCUT2D eigenvalue weighted by Crippen LogP contribution is -2.26. The molecule has 0 atom stereocenters. The molecule has 0 bridgehead atoms. The number of aromatic nitrogens is 1. The Bertz CT molecular complexity index is 911. The number of nitrogens with zero attached hydrogens (tertiary/aromatic N) is 2. The van der Waals surface area contributed by atoms with Crippen molar-refractivity contribution in [2.45, 2.75) is 40.5 Å². The normalized spacial score (nSPS) is 11.1. The van der Waals surface area contributed by atoms with Crippen molar-refractivity contribution in [3.05, 3.63) is 58.7 Å². The van der Waals surface area contributed by atoms with Crippen LogP contribution in [0.15, 0.2) is 42.5 Å². The number of aryl methyl sites for hydroxylation is 2. The van der Waals surface area contributed by atoms with Gasteiger partial charge < -0.3 is 4.90 Å². The molecule has 0 radical (unpaired) electrons. The summed E-state index contributed by atoms with van der Waals surface area (Å²) in [5, 5.41) is 3.25. The molecule has 0 spiro atoms. The molecule has 0 aliphatic rings. The first-order valence-electron chi connectivity index (χ1n) is 9.47. The third-order valence-corrected chi connectivity index (χ3v) is 5.04. The lowest BCUT2D eigenvalue weighted by molar-refractivity contribution is 0.743. The van der Waals surface area contributed by atoms with Crippen LogP contribution in [0, 0.1) is 13.8 Å². The molecular weight excluding hydrogens is 340 g/mol. The lowest BCUT2D eigenvalue weighted by Gasteiger charge is -2.27. The van der Waals surface area contributed by atoms with Crippen molar-refractivity contribution in [3.8, 4) is 11.3 Å². The summed E-state index contributed by atoms with van der Waals surface area (Å²) in [4.78, 5) is 7.55. The van der Waals surface area contributed by atoms with Crippen molar-refractivity contribution >= 4 is 28.1 Å². The summed E-state index contributed by atoms with van der Waals surface area (Å²) < 4.78 is 0. The van der Waals surface area contributed by atoms with Crippen LogP contribution in [0.4, 0.5) is 5.69 Å². The van der Waals surface area contributed by atoms with Crippen LogP contribution in [-0.2, 0) is 0 Å². The molecule has 0 aliphatic carbocycles. The van der Waals surface area contributed by atoms with Crippen LogP contribution in [0.3, 0.4) is 0 Å². The van der Waals surface area contributed by atoms with Gasteiger partial charge in [0.25, 0.3) is 0 Å². The molecule has 2 aromatic carbocycles. The molecule has 2 nitrogen and oxygen atoms in total. The van der Waals surface area contributed by atoms with E-state index in [0.717, 1.165) is 53.5 Å². The summed E-state index contributed by atoms with van der Waals surface area (Å²) in [6.07, 6.45) is 2.26. The van der Waals surface area contributed by atoms with E-state index in [1.807, 2.05) is 12.1 Å². The quantitative estimate of drug-likeness (QED) is 0.477. The van der Waals surface area contributed by atoms with Gasteiger partial charge in [-0.25, -0.2) is 0 Å². The molecule has 0 N–H and O–H groups in total. The van der Waals surface area contributed by atoms with E-state index in [0.29, 0.717) is 0 Å². The molecule has 3 rings (SSSR count). The van der Waals surface area contributed by atoms with Crippen molar-refractivity contribution in [1.82, 2.24) is 4.98 Å². The van der Waals surface area contributed by atoms with Crippen molar-refractivity contribution < 1.29 is 0 Å². The summed E-state index contributed by atoms with van der Waals surface area (Å²) in [6, 6.07) is 14.7. The number of hydrogen-bond donors (Lipinski definition) is 0. The standard InChI is InChI=1S/C23H27ClN2/c1-5-13-26(14-6-2)23-17(4)25-22(20-9-7-8-10-21(20)23)19-12-11-18(24)15-16(19)3/h7-12,15H,5-6,13-14H2,1-4H3. The number of halogens is 1. The molecule has 136 valence electrons. The summed E-state index contributed by atoms with van der Waals surface area (Å²) in [5.41, 5.74) is 5.72. The maximum absolute atomic E-state index is 6.16. The van der Waals surface area contributed by atoms with Crippen LogP contribution < -0.4 is 4.90 Å². The first-order valence-corrected chi connectivity index (χ1v) is 9.85. The number of pyridine rings is 1. The average molecular weight is 367 g/mol. The summed E-state index contributed by atoms with van der Waals surface area (Å²) >= 11 is 6.16. The molecule has 1 aromatic heterocycles. The first-order chi connectivity index (χ1) is 12.6. The second-order valence-electron chi connectivity index (χ2n) is 6.89. The summed E-state index contributed by atoms with van der Waals surface area (Å²) in [6.45, 7) is 10.8. The third-order valence-electron chi connectivity index (χ3n) is 4.81. The van der Waals surface area contributed by atoms with E-state index in [2.05, 4.69) is 62.9 Å². The Morgan fingerprint density at radius 2 is 1.58 bits per heavy atom. The first kappa shape index (κ1) is 18.7. The van der Waals surface area contributed by atoms with E-state index in [1.54, 1.807) is 0 Å². The molecule has 1 heterocycles. The molecule has 3 aromatic rings. The SMILES string of the molecule is CCCN(CCC)c1c(C)nc(-c2ccc(Cl)cc2C)c2ccccc12. The van der Waals surface area contributed by atoms with Gasteiger partial charge in [-0.05, 0) is 44.4 Å². The highest BCUT2D eigenvalue weighted by Crippen LogP contribution is 2.37. The fourth-order valence-electron chi connectivity index (χ4n) is 3.74. The number of anilines is 1. The van der Waals surface area contributed by atoms with Crippen molar-refractivity contribution in [2.24, 2.45) is 0 Å². The zero-order valence-electron chi connectivity index (χ0n) is 16.1. The van der Waals surface area contributed by atoms with Gasteiger partial charge >= 0.3 is 0 Å². The van der Waals surface area contributed by atoms with E-state index in [1.165, 1.54) is 16.5 Å². The average Bonchev–Trinajstić information content (AvgIpc) is 2.61. The van der Waals surface area contributed by atoms with Crippen LogP contribution in [0.5, 0.6) is 0 Å². The Morgan fingerprint density at radius 3 is 2.19 bits per heavy atom. The van der Waals surface area contributed by atoms with Crippen molar-refractivity contribution in [2.75, 3.05) is 18.0 Å². The number of fused-ring (bicyclic) bond motifs is 1. The molecule has 0 aliphatic heterocycles. The molecule has 0 saturated carbocycles. The Balaban J connectivity index is 2.27. The molecular formula is C23H27ClN2. The fraction of sp³-hybridized carbons (Fsp3) is 0.348. The zero-order valence-corrected chi connectivity index (χ0v) is 16.9. The van der Waals surface area contributed by atoms with E-state index < -0.39 is 0 Å². The number of benzene rings is 2. The van der Waals surface area contributed by atoms with E-state index in [9.17, 15) is 0 Å². The van der Waals surface area contributed by atoms with Gasteiger partial charge in [-0.3, -0.25) is 4.98 Å². The van der Waals surface area contributed by atoms with Gasteiger partial charge in [0, 0.05) is 34.4 Å². The van der Waals surface area contributed by atoms with Gasteiger partial charge in [0.15, 0.2) is 0 Å². The fourth-order valence-corrected chi connectivity index (χ4v) is 3.97. The highest BCUT2D eigenvalue weighted by molar-refractivity contribution is 6.30. The van der Waals surface area contributed by atoms with Crippen LogP contribution in [-0.4, -0.2) is 18.1 Å². The molecule has 0 unspecified atom stereocenters. The van der Waals surface area contributed by atoms with Gasteiger partial charge in [0.1, 0.15) is 0 Å². The van der Waals surface area contributed by atoms with E-state index in [4.69, 9.17) is 16.6 Å². The molecule has 0 fully saturated rings. The maximum Gasteiger partial charge on any atom is 0.0787 e. The number of hydrogen-bond acceptors (Lipinski definition) is 2. The summed E-state index contributed by atoms with van der Waals surface area (Å²) in [5.74, 6) is 0. The van der Waals surface area contributed by atoms with E-state index >= 15 is 0 Å². The second-order valence-corrected chi connectivity index (χ2v) is 7.32. The summed E-state index contributed by atoms with van der Waals surface area (Å²) in [7, 11) is 0. The third kappa shape index (κ3) is 3.57. The Labute approximate surface area is 161 Å². The smallest absolute Gasteiger partial charge is 0.0787 e. The Morgan fingerprint density at radius 1 is 0.923 bits per heavy atom. The molecule has 0 saturated heterocycles. The van der Waals surface area contributed by atoms with Crippen molar-refractivity contribution in [1.29, 1.82) is 0 Å². The van der Waals surface area contributed by atoms with Gasteiger partial charge in [0.2, 0.25) is 0 Å². The Hall–Kier alpha value is -2.06. The molecule has 26 heavy (non-hydrogen) atoms. The predicted molar refractivity (Wildman–Crippen MR) is 114 cm³/mol. The molecule has 3 heteroatoms. The van der Waals surface area contributed by atoms with Gasteiger partial charge in [0.05, 0.1) is 17.1 Å². The van der Waals surface area contributed by atoms with Crippen LogP contribution in [0.1, 0.15) is 37.9 Å². The van der Waals surface area contributed by atoms with Crippen LogP contribution >= 0.6 is 11.6 Å². The monoisotopic (exact) mass is 366 g/mol. The minimum atomic E-state index is 0.765. The van der Waals surface area contributed by atoms with Gasteiger partial charge in [-0.2, -0.15) is 0 Å².